The van der Waals surface area contributed by atoms with Gasteiger partial charge in [0.15, 0.2) is 12.4 Å². The Balaban J connectivity index is 0.000000440. The van der Waals surface area contributed by atoms with Crippen LogP contribution in [0.15, 0.2) is 79.1 Å². The van der Waals surface area contributed by atoms with Gasteiger partial charge in [0.1, 0.15) is 24.5 Å². The summed E-state index contributed by atoms with van der Waals surface area (Å²) in [6.07, 6.45) is -6.29. The van der Waals surface area contributed by atoms with E-state index in [1.807, 2.05) is 103 Å². The number of amides is 1. The number of benzene rings is 2. The van der Waals surface area contributed by atoms with E-state index in [-0.39, 0.29) is 11.7 Å². The highest BCUT2D eigenvalue weighted by Crippen LogP contribution is 2.24. The van der Waals surface area contributed by atoms with Crippen LogP contribution in [0.5, 0.6) is 0 Å². The molecule has 0 spiro atoms. The first-order chi connectivity index (χ1) is 21.3. The lowest BCUT2D eigenvalue weighted by atomic mass is 10.1. The quantitative estimate of drug-likeness (QED) is 0.120. The van der Waals surface area contributed by atoms with Crippen molar-refractivity contribution in [1.82, 2.24) is 9.47 Å². The summed E-state index contributed by atoms with van der Waals surface area (Å²) in [6.45, 7) is 3.69. The lowest BCUT2D eigenvalue weighted by molar-refractivity contribution is -0.671. The van der Waals surface area contributed by atoms with Crippen molar-refractivity contribution >= 4 is 34.6 Å². The molecule has 46 heavy (non-hydrogen) atoms. The first-order valence-electron chi connectivity index (χ1n) is 13.2. The smallest absolute Gasteiger partial charge is 0.490 e. The minimum absolute atomic E-state index is 0.000324. The molecule has 0 fully saturated rings. The molecule has 0 aliphatic rings. The first-order valence-corrected chi connectivity index (χ1v) is 13.2. The number of carbonyl (C=O) groups is 3. The van der Waals surface area contributed by atoms with E-state index in [1.165, 1.54) is 0 Å². The van der Waals surface area contributed by atoms with Gasteiger partial charge in [-0.2, -0.15) is 26.3 Å². The number of aliphatic carboxylic acids is 2. The molecule has 4 aromatic rings. The van der Waals surface area contributed by atoms with Gasteiger partial charge in [0.25, 0.3) is 5.91 Å². The molecule has 4 rings (SSSR count). The van der Waals surface area contributed by atoms with Gasteiger partial charge in [-0.15, -0.1) is 0 Å². The first kappa shape index (κ1) is 36.8. The average molecular weight is 654 g/mol. The molecule has 4 N–H and O–H groups in total. The number of carboxylic acids is 2. The summed E-state index contributed by atoms with van der Waals surface area (Å²) < 4.78 is 67.3. The normalized spacial score (nSPS) is 11.0. The molecule has 16 heteroatoms. The second-order valence-corrected chi connectivity index (χ2v) is 9.57. The van der Waals surface area contributed by atoms with Gasteiger partial charge in [-0.25, -0.2) is 9.36 Å². The van der Waals surface area contributed by atoms with Crippen molar-refractivity contribution in [1.29, 1.82) is 5.41 Å². The predicted octanol–water partition coefficient (Wildman–Crippen LogP) is 3.39. The molecule has 1 amide bonds. The summed E-state index contributed by atoms with van der Waals surface area (Å²) in [6, 6.07) is 21.7. The van der Waals surface area contributed by atoms with E-state index in [2.05, 4.69) is 4.57 Å². The lowest BCUT2D eigenvalue weighted by Crippen LogP contribution is -2.37. The number of amidine groups is 1. The fourth-order valence-electron chi connectivity index (χ4n) is 3.92. The minimum Gasteiger partial charge on any atom is -0.542 e. The summed E-state index contributed by atoms with van der Waals surface area (Å²) in [4.78, 5) is 33.2. The number of carbonyl (C=O) groups excluding carboxylic acids is 2. The third-order valence-corrected chi connectivity index (χ3v) is 6.17. The van der Waals surface area contributed by atoms with Crippen molar-refractivity contribution < 1.29 is 55.5 Å². The summed E-state index contributed by atoms with van der Waals surface area (Å²) in [5, 5.41) is 24.7. The fourth-order valence-corrected chi connectivity index (χ4v) is 3.92. The number of nitrogens with two attached hydrogens (primary N) is 1. The molecule has 2 heterocycles. The third kappa shape index (κ3) is 10.6. The standard InChI is InChI=1S/C26H28N5O.2C2HF3O2/c1-3-30(17-19-11-13-29(2)14-12-19)26(32)24-16-21-8-4-5-10-23(21)31(24)18-20-7-6-9-22(15-20)25(27)28;2*3-2(4,5)1(6)7/h4-16H,3,17-18H2,1-2H3,(H3,27,28);2*(H,6,7)/q+1;;/p-1. The number of hydrogen-bond acceptors (Lipinski definition) is 5. The Kier molecular flexibility index (Phi) is 12.4. The molecule has 0 unspecified atom stereocenters. The van der Waals surface area contributed by atoms with Crippen LogP contribution in [0.2, 0.25) is 0 Å². The number of aromatic nitrogens is 2. The number of nitrogens with zero attached hydrogens (tertiary/aromatic N) is 3. The van der Waals surface area contributed by atoms with Crippen molar-refractivity contribution in [2.75, 3.05) is 6.54 Å². The number of hydrogen-bond donors (Lipinski definition) is 3. The maximum absolute atomic E-state index is 13.6. The monoisotopic (exact) mass is 653 g/mol. The Morgan fingerprint density at radius 2 is 1.50 bits per heavy atom. The van der Waals surface area contributed by atoms with Crippen LogP contribution < -0.4 is 15.4 Å². The minimum atomic E-state index is -5.19. The molecule has 0 saturated carbocycles. The molecule has 246 valence electrons. The van der Waals surface area contributed by atoms with Crippen LogP contribution in [-0.2, 0) is 29.7 Å². The maximum atomic E-state index is 13.6. The molecule has 0 bridgehead atoms. The van der Waals surface area contributed by atoms with Gasteiger partial charge in [-0.3, -0.25) is 10.2 Å². The van der Waals surface area contributed by atoms with E-state index in [9.17, 15) is 31.1 Å². The topological polar surface area (TPSA) is 156 Å². The number of fused-ring (bicyclic) bond motifs is 1. The van der Waals surface area contributed by atoms with E-state index in [4.69, 9.17) is 30.9 Å². The van der Waals surface area contributed by atoms with Crippen molar-refractivity contribution in [3.8, 4) is 0 Å². The van der Waals surface area contributed by atoms with Crippen LogP contribution in [0.4, 0.5) is 26.3 Å². The van der Waals surface area contributed by atoms with Crippen LogP contribution in [0.1, 0.15) is 34.1 Å². The van der Waals surface area contributed by atoms with Crippen molar-refractivity contribution in [3.63, 3.8) is 0 Å². The van der Waals surface area contributed by atoms with Gasteiger partial charge in [0.2, 0.25) is 0 Å². The molecule has 2 aromatic heterocycles. The van der Waals surface area contributed by atoms with Crippen molar-refractivity contribution in [2.45, 2.75) is 32.4 Å². The SMILES string of the molecule is CCN(Cc1cc[n+](C)cc1)C(=O)c1cc2ccccc2n1Cc1cccc(C(=N)N)c1.O=C(O)C(F)(F)F.O=C([O-])C(F)(F)F. The van der Waals surface area contributed by atoms with Gasteiger partial charge in [0, 0.05) is 48.2 Å². The van der Waals surface area contributed by atoms with Crippen LogP contribution in [-0.4, -0.2) is 57.2 Å². The third-order valence-electron chi connectivity index (χ3n) is 6.17. The van der Waals surface area contributed by atoms with Crippen molar-refractivity contribution in [2.24, 2.45) is 12.8 Å². The number of nitrogen functional groups attached to an aromatic ring is 1. The fraction of sp³-hybridized carbons (Fsp3) is 0.233. The molecular formula is C30H29F6N5O5. The largest absolute Gasteiger partial charge is 0.542 e. The van der Waals surface area contributed by atoms with E-state index < -0.39 is 24.3 Å². The molecular weight excluding hydrogens is 624 g/mol. The van der Waals surface area contributed by atoms with E-state index in [1.54, 1.807) is 0 Å². The number of alkyl halides is 6. The zero-order valence-corrected chi connectivity index (χ0v) is 24.4. The average Bonchev–Trinajstić information content (AvgIpc) is 3.34. The van der Waals surface area contributed by atoms with E-state index in [0.29, 0.717) is 30.9 Å². The lowest BCUT2D eigenvalue weighted by Gasteiger charge is -2.22. The number of rotatable bonds is 7. The summed E-state index contributed by atoms with van der Waals surface area (Å²) >= 11 is 0. The van der Waals surface area contributed by atoms with Gasteiger partial charge in [-0.05, 0) is 36.2 Å². The Labute approximate surface area is 258 Å². The molecule has 0 saturated heterocycles. The second-order valence-electron chi connectivity index (χ2n) is 9.57. The number of pyridine rings is 1. The Bertz CT molecular complexity index is 1660. The number of carboxylic acid groups (broad SMARTS) is 2. The van der Waals surface area contributed by atoms with Crippen LogP contribution in [0, 0.1) is 5.41 Å². The highest BCUT2D eigenvalue weighted by atomic mass is 19.4. The van der Waals surface area contributed by atoms with Gasteiger partial charge in [0.05, 0.1) is 0 Å². The molecule has 0 aliphatic heterocycles. The van der Waals surface area contributed by atoms with Gasteiger partial charge in [-0.1, -0.05) is 36.4 Å². The molecule has 0 aliphatic carbocycles. The van der Waals surface area contributed by atoms with Gasteiger partial charge >= 0.3 is 18.3 Å². The summed E-state index contributed by atoms with van der Waals surface area (Å²) in [5.74, 6) is -5.73. The Hall–Kier alpha value is -5.41. The number of halogens is 6. The summed E-state index contributed by atoms with van der Waals surface area (Å²) in [7, 11) is 1.98. The molecule has 10 nitrogen and oxygen atoms in total. The highest BCUT2D eigenvalue weighted by molar-refractivity contribution is 5.99. The van der Waals surface area contributed by atoms with Gasteiger partial charge < -0.3 is 30.2 Å². The molecule has 0 radical (unpaired) electrons. The number of aryl methyl sites for hydroxylation is 1. The Morgan fingerprint density at radius 1 is 0.935 bits per heavy atom. The van der Waals surface area contributed by atoms with E-state index >= 15 is 0 Å². The highest BCUT2D eigenvalue weighted by Gasteiger charge is 2.38. The molecule has 2 aromatic carbocycles. The van der Waals surface area contributed by atoms with Crippen LogP contribution >= 0.6 is 0 Å². The maximum Gasteiger partial charge on any atom is 0.490 e. The zero-order valence-electron chi connectivity index (χ0n) is 24.4. The predicted molar refractivity (Wildman–Crippen MR) is 151 cm³/mol. The molecule has 0 atom stereocenters. The van der Waals surface area contributed by atoms with Crippen LogP contribution in [0.3, 0.4) is 0 Å². The Morgan fingerprint density at radius 3 is 2.00 bits per heavy atom. The van der Waals surface area contributed by atoms with E-state index in [0.717, 1.165) is 22.0 Å². The summed E-state index contributed by atoms with van der Waals surface area (Å²) in [5.41, 5.74) is 10.1. The second kappa shape index (κ2) is 15.5. The van der Waals surface area contributed by atoms with Crippen molar-refractivity contribution in [3.05, 3.63) is 102 Å². The number of para-hydroxylation sites is 1. The zero-order chi connectivity index (χ0) is 34.8. The number of nitrogens with one attached hydrogen (secondary N) is 1. The van der Waals surface area contributed by atoms with Crippen LogP contribution in [0.25, 0.3) is 10.9 Å².